The van der Waals surface area contributed by atoms with Crippen LogP contribution in [0.3, 0.4) is 0 Å². The van der Waals surface area contributed by atoms with Gasteiger partial charge in [0.2, 0.25) is 5.91 Å². The molecule has 1 rings (SSSR count). The van der Waals surface area contributed by atoms with Crippen molar-refractivity contribution in [3.63, 3.8) is 0 Å². The summed E-state index contributed by atoms with van der Waals surface area (Å²) in [5.74, 6) is -0.0770. The Kier molecular flexibility index (Phi) is 6.05. The van der Waals surface area contributed by atoms with Crippen LogP contribution in [0.1, 0.15) is 42.7 Å². The molecule has 1 amide bonds. The first kappa shape index (κ1) is 15.2. The average Bonchev–Trinajstić information content (AvgIpc) is 2.66. The molecular weight excluding hydrogens is 248 g/mol. The minimum atomic E-state index is -0.801. The van der Waals surface area contributed by atoms with Crippen molar-refractivity contribution in [1.82, 2.24) is 10.5 Å². The largest absolute Gasteiger partial charge is 0.481 e. The summed E-state index contributed by atoms with van der Waals surface area (Å²) in [5.41, 5.74) is 1.81. The fourth-order valence-corrected chi connectivity index (χ4v) is 1.81. The van der Waals surface area contributed by atoms with Gasteiger partial charge in [-0.2, -0.15) is 0 Å². The van der Waals surface area contributed by atoms with Crippen molar-refractivity contribution in [2.75, 3.05) is 6.54 Å². The standard InChI is InChI=1S/C13H20N2O4/c1-9-11(10(2)19-15-9)6-7-12(16)14-8-4-3-5-13(17)18/h3-8H2,1-2H3,(H,14,16)(H,17,18). The Hall–Kier alpha value is -1.85. The second-order valence-electron chi connectivity index (χ2n) is 4.50. The van der Waals surface area contributed by atoms with Gasteiger partial charge < -0.3 is 14.9 Å². The van der Waals surface area contributed by atoms with E-state index in [1.165, 1.54) is 0 Å². The van der Waals surface area contributed by atoms with Crippen LogP contribution < -0.4 is 5.32 Å². The first-order valence-corrected chi connectivity index (χ1v) is 6.41. The van der Waals surface area contributed by atoms with Crippen LogP contribution >= 0.6 is 0 Å². The third-order valence-electron chi connectivity index (χ3n) is 2.92. The Balaban J connectivity index is 2.16. The van der Waals surface area contributed by atoms with Gasteiger partial charge in [0.25, 0.3) is 0 Å². The van der Waals surface area contributed by atoms with Crippen molar-refractivity contribution in [1.29, 1.82) is 0 Å². The van der Waals surface area contributed by atoms with Crippen molar-refractivity contribution in [2.24, 2.45) is 0 Å². The van der Waals surface area contributed by atoms with E-state index in [0.717, 1.165) is 17.0 Å². The zero-order chi connectivity index (χ0) is 14.3. The second kappa shape index (κ2) is 7.56. The molecule has 106 valence electrons. The lowest BCUT2D eigenvalue weighted by Crippen LogP contribution is -2.24. The van der Waals surface area contributed by atoms with Crippen molar-refractivity contribution in [3.05, 3.63) is 17.0 Å². The normalized spacial score (nSPS) is 10.4. The predicted molar refractivity (Wildman–Crippen MR) is 68.8 cm³/mol. The number of aromatic nitrogens is 1. The number of carbonyl (C=O) groups is 2. The van der Waals surface area contributed by atoms with Gasteiger partial charge in [-0.05, 0) is 33.1 Å². The maximum absolute atomic E-state index is 11.6. The number of carboxylic acids is 1. The van der Waals surface area contributed by atoms with Gasteiger partial charge in [0.15, 0.2) is 0 Å². The summed E-state index contributed by atoms with van der Waals surface area (Å²) in [6, 6.07) is 0. The smallest absolute Gasteiger partial charge is 0.303 e. The Morgan fingerprint density at radius 2 is 2.00 bits per heavy atom. The summed E-state index contributed by atoms with van der Waals surface area (Å²) >= 11 is 0. The molecule has 0 fully saturated rings. The Morgan fingerprint density at radius 1 is 1.26 bits per heavy atom. The van der Waals surface area contributed by atoms with Crippen LogP contribution in [0.5, 0.6) is 0 Å². The molecule has 0 saturated carbocycles. The molecule has 0 aliphatic rings. The number of rotatable bonds is 8. The van der Waals surface area contributed by atoms with E-state index >= 15 is 0 Å². The Bertz CT molecular complexity index is 420. The highest BCUT2D eigenvalue weighted by atomic mass is 16.5. The van der Waals surface area contributed by atoms with Crippen LogP contribution in [0.15, 0.2) is 4.52 Å². The summed E-state index contributed by atoms with van der Waals surface area (Å²) < 4.78 is 5.03. The number of unbranched alkanes of at least 4 members (excludes halogenated alkanes) is 1. The number of carbonyl (C=O) groups excluding carboxylic acids is 1. The van der Waals surface area contributed by atoms with Crippen LogP contribution in [-0.4, -0.2) is 28.7 Å². The topological polar surface area (TPSA) is 92.4 Å². The highest BCUT2D eigenvalue weighted by Gasteiger charge is 2.10. The van der Waals surface area contributed by atoms with Gasteiger partial charge in [-0.1, -0.05) is 5.16 Å². The molecular formula is C13H20N2O4. The van der Waals surface area contributed by atoms with Crippen LogP contribution in [0.2, 0.25) is 0 Å². The van der Waals surface area contributed by atoms with E-state index in [-0.39, 0.29) is 12.3 Å². The zero-order valence-electron chi connectivity index (χ0n) is 11.4. The van der Waals surface area contributed by atoms with Crippen molar-refractivity contribution in [2.45, 2.75) is 46.0 Å². The molecule has 0 aromatic carbocycles. The molecule has 0 bridgehead atoms. The summed E-state index contributed by atoms with van der Waals surface area (Å²) in [5, 5.41) is 15.1. The lowest BCUT2D eigenvalue weighted by molar-refractivity contribution is -0.137. The van der Waals surface area contributed by atoms with E-state index in [1.54, 1.807) is 0 Å². The maximum Gasteiger partial charge on any atom is 0.303 e. The number of hydrogen-bond acceptors (Lipinski definition) is 4. The van der Waals surface area contributed by atoms with Gasteiger partial charge in [-0.15, -0.1) is 0 Å². The monoisotopic (exact) mass is 268 g/mol. The van der Waals surface area contributed by atoms with Gasteiger partial charge in [-0.3, -0.25) is 9.59 Å². The number of hydrogen-bond donors (Lipinski definition) is 2. The Labute approximate surface area is 112 Å². The minimum Gasteiger partial charge on any atom is -0.481 e. The summed E-state index contributed by atoms with van der Waals surface area (Å²) in [4.78, 5) is 21.9. The Morgan fingerprint density at radius 3 is 2.58 bits per heavy atom. The van der Waals surface area contributed by atoms with E-state index in [0.29, 0.717) is 32.2 Å². The molecule has 6 nitrogen and oxygen atoms in total. The molecule has 2 N–H and O–H groups in total. The molecule has 1 heterocycles. The molecule has 6 heteroatoms. The van der Waals surface area contributed by atoms with Crippen LogP contribution in [0, 0.1) is 13.8 Å². The fraction of sp³-hybridized carbons (Fsp3) is 0.615. The third kappa shape index (κ3) is 5.54. The van der Waals surface area contributed by atoms with Crippen molar-refractivity contribution in [3.8, 4) is 0 Å². The van der Waals surface area contributed by atoms with Crippen molar-refractivity contribution >= 4 is 11.9 Å². The highest BCUT2D eigenvalue weighted by Crippen LogP contribution is 2.14. The van der Waals surface area contributed by atoms with E-state index in [4.69, 9.17) is 9.63 Å². The third-order valence-corrected chi connectivity index (χ3v) is 2.92. The highest BCUT2D eigenvalue weighted by molar-refractivity contribution is 5.76. The number of carboxylic acid groups (broad SMARTS) is 1. The molecule has 0 spiro atoms. The number of nitrogens with zero attached hydrogens (tertiary/aromatic N) is 1. The van der Waals surface area contributed by atoms with Gasteiger partial charge >= 0.3 is 5.97 Å². The first-order valence-electron chi connectivity index (χ1n) is 6.41. The van der Waals surface area contributed by atoms with Gasteiger partial charge in [0.05, 0.1) is 5.69 Å². The van der Waals surface area contributed by atoms with Crippen LogP contribution in [0.4, 0.5) is 0 Å². The molecule has 0 aliphatic heterocycles. The molecule has 0 saturated heterocycles. The maximum atomic E-state index is 11.6. The number of aryl methyl sites for hydroxylation is 2. The first-order chi connectivity index (χ1) is 9.00. The lowest BCUT2D eigenvalue weighted by Gasteiger charge is -2.04. The zero-order valence-corrected chi connectivity index (χ0v) is 11.4. The van der Waals surface area contributed by atoms with Crippen LogP contribution in [-0.2, 0) is 16.0 Å². The molecule has 19 heavy (non-hydrogen) atoms. The molecule has 0 aliphatic carbocycles. The quantitative estimate of drug-likeness (QED) is 0.698. The number of amides is 1. The summed E-state index contributed by atoms with van der Waals surface area (Å²) in [6.07, 6.45) is 2.42. The molecule has 1 aromatic rings. The van der Waals surface area contributed by atoms with Gasteiger partial charge in [0, 0.05) is 24.9 Å². The molecule has 1 aromatic heterocycles. The van der Waals surface area contributed by atoms with Crippen molar-refractivity contribution < 1.29 is 19.2 Å². The second-order valence-corrected chi connectivity index (χ2v) is 4.50. The lowest BCUT2D eigenvalue weighted by atomic mass is 10.1. The van der Waals surface area contributed by atoms with Crippen LogP contribution in [0.25, 0.3) is 0 Å². The average molecular weight is 268 g/mol. The minimum absolute atomic E-state index is 0.0321. The molecule has 0 unspecified atom stereocenters. The van der Waals surface area contributed by atoms with Gasteiger partial charge in [0.1, 0.15) is 5.76 Å². The van der Waals surface area contributed by atoms with E-state index < -0.39 is 5.97 Å². The van der Waals surface area contributed by atoms with E-state index in [9.17, 15) is 9.59 Å². The SMILES string of the molecule is Cc1noc(C)c1CCC(=O)NCCCCC(=O)O. The van der Waals surface area contributed by atoms with E-state index in [1.807, 2.05) is 13.8 Å². The summed E-state index contributed by atoms with van der Waals surface area (Å²) in [6.45, 7) is 4.21. The molecule has 0 atom stereocenters. The summed E-state index contributed by atoms with van der Waals surface area (Å²) in [7, 11) is 0. The fourth-order valence-electron chi connectivity index (χ4n) is 1.81. The molecule has 0 radical (unpaired) electrons. The number of aliphatic carboxylic acids is 1. The number of nitrogens with one attached hydrogen (secondary N) is 1. The van der Waals surface area contributed by atoms with E-state index in [2.05, 4.69) is 10.5 Å². The van der Waals surface area contributed by atoms with Gasteiger partial charge in [-0.25, -0.2) is 0 Å². The predicted octanol–water partition coefficient (Wildman–Crippen LogP) is 1.60.